The molecule has 1 saturated heterocycles. The highest BCUT2D eigenvalue weighted by molar-refractivity contribution is 8.18. The molecule has 134 valence electrons. The van der Waals surface area contributed by atoms with Crippen molar-refractivity contribution >= 4 is 46.6 Å². The van der Waals surface area contributed by atoms with Crippen molar-refractivity contribution < 1.29 is 28.6 Å². The fraction of sp³-hybridized carbons (Fsp3) is 0.312. The molecule has 1 fully saturated rings. The average molecular weight is 386 g/mol. The van der Waals surface area contributed by atoms with Crippen LogP contribution in [0.5, 0.6) is 11.5 Å². The van der Waals surface area contributed by atoms with Crippen molar-refractivity contribution in [3.63, 3.8) is 0 Å². The summed E-state index contributed by atoms with van der Waals surface area (Å²) >= 11 is 6.93. The Bertz CT molecular complexity index is 748. The number of imide groups is 1. The monoisotopic (exact) mass is 385 g/mol. The van der Waals surface area contributed by atoms with Gasteiger partial charge in [0.1, 0.15) is 6.54 Å². The van der Waals surface area contributed by atoms with Crippen LogP contribution in [0, 0.1) is 0 Å². The fourth-order valence-corrected chi connectivity index (χ4v) is 3.20. The summed E-state index contributed by atoms with van der Waals surface area (Å²) in [5.41, 5.74) is 0.564. The normalized spacial score (nSPS) is 15.7. The first-order valence-electron chi connectivity index (χ1n) is 7.23. The summed E-state index contributed by atoms with van der Waals surface area (Å²) in [5, 5.41) is -0.216. The predicted octanol–water partition coefficient (Wildman–Crippen LogP) is 2.96. The summed E-state index contributed by atoms with van der Waals surface area (Å²) in [5.74, 6) is -0.421. The third-order valence-electron chi connectivity index (χ3n) is 3.23. The number of benzene rings is 1. The number of rotatable bonds is 6. The van der Waals surface area contributed by atoms with E-state index in [2.05, 4.69) is 4.74 Å². The van der Waals surface area contributed by atoms with E-state index in [1.807, 2.05) is 6.92 Å². The Morgan fingerprint density at radius 3 is 2.64 bits per heavy atom. The highest BCUT2D eigenvalue weighted by Gasteiger charge is 2.36. The third-order valence-corrected chi connectivity index (χ3v) is 4.41. The van der Waals surface area contributed by atoms with Gasteiger partial charge in [0.25, 0.3) is 11.1 Å². The molecule has 0 atom stereocenters. The Kier molecular flexibility index (Phi) is 6.33. The average Bonchev–Trinajstić information content (AvgIpc) is 2.84. The molecule has 0 spiro atoms. The fourth-order valence-electron chi connectivity index (χ4n) is 2.09. The van der Waals surface area contributed by atoms with Gasteiger partial charge in [-0.1, -0.05) is 11.6 Å². The molecule has 1 aromatic carbocycles. The van der Waals surface area contributed by atoms with Crippen LogP contribution in [0.1, 0.15) is 12.5 Å². The van der Waals surface area contributed by atoms with Crippen LogP contribution in [0.4, 0.5) is 4.79 Å². The number of carbonyl (C=O) groups excluding carboxylic acids is 3. The van der Waals surface area contributed by atoms with Crippen molar-refractivity contribution in [2.75, 3.05) is 27.4 Å². The Morgan fingerprint density at radius 1 is 1.32 bits per heavy atom. The highest BCUT2D eigenvalue weighted by Crippen LogP contribution is 2.38. The number of methoxy groups -OCH3 is 2. The maximum atomic E-state index is 12.3. The molecule has 1 aliphatic heterocycles. The minimum absolute atomic E-state index is 0.177. The van der Waals surface area contributed by atoms with Crippen LogP contribution in [-0.2, 0) is 14.3 Å². The Balaban J connectivity index is 2.31. The third kappa shape index (κ3) is 4.26. The highest BCUT2D eigenvalue weighted by atomic mass is 35.5. The number of ether oxygens (including phenoxy) is 3. The van der Waals surface area contributed by atoms with E-state index < -0.39 is 23.7 Å². The molecule has 0 radical (unpaired) electrons. The van der Waals surface area contributed by atoms with Gasteiger partial charge in [0.05, 0.1) is 30.8 Å². The van der Waals surface area contributed by atoms with Crippen molar-refractivity contribution in [3.05, 3.63) is 27.6 Å². The van der Waals surface area contributed by atoms with Gasteiger partial charge < -0.3 is 14.2 Å². The summed E-state index contributed by atoms with van der Waals surface area (Å²) in [6.45, 7) is 1.81. The van der Waals surface area contributed by atoms with Crippen molar-refractivity contribution in [2.45, 2.75) is 6.92 Å². The number of esters is 1. The molecule has 1 heterocycles. The summed E-state index contributed by atoms with van der Waals surface area (Å²) in [7, 11) is 2.66. The minimum atomic E-state index is -0.672. The molecule has 0 aliphatic carbocycles. The number of thioether (sulfide) groups is 1. The van der Waals surface area contributed by atoms with Gasteiger partial charge in [0.2, 0.25) is 0 Å². The summed E-state index contributed by atoms with van der Waals surface area (Å²) in [6, 6.07) is 3.24. The second-order valence-corrected chi connectivity index (χ2v) is 6.21. The van der Waals surface area contributed by atoms with Crippen LogP contribution in [-0.4, -0.2) is 49.4 Å². The van der Waals surface area contributed by atoms with E-state index in [9.17, 15) is 14.4 Å². The molecule has 7 nitrogen and oxygen atoms in total. The molecule has 0 bridgehead atoms. The van der Waals surface area contributed by atoms with Gasteiger partial charge in [-0.2, -0.15) is 0 Å². The van der Waals surface area contributed by atoms with Crippen LogP contribution in [0.2, 0.25) is 5.02 Å². The lowest BCUT2D eigenvalue weighted by Crippen LogP contribution is -2.34. The van der Waals surface area contributed by atoms with Crippen molar-refractivity contribution in [1.29, 1.82) is 0 Å². The van der Waals surface area contributed by atoms with Gasteiger partial charge in [-0.05, 0) is 42.5 Å². The first-order chi connectivity index (χ1) is 11.9. The van der Waals surface area contributed by atoms with Crippen LogP contribution >= 0.6 is 23.4 Å². The number of hydrogen-bond acceptors (Lipinski definition) is 7. The lowest BCUT2D eigenvalue weighted by Gasteiger charge is -2.12. The van der Waals surface area contributed by atoms with Crippen molar-refractivity contribution in [3.8, 4) is 11.5 Å². The van der Waals surface area contributed by atoms with E-state index in [0.29, 0.717) is 28.7 Å². The zero-order valence-corrected chi connectivity index (χ0v) is 15.4. The molecular formula is C16H16ClNO6S. The zero-order valence-electron chi connectivity index (χ0n) is 13.8. The van der Waals surface area contributed by atoms with Crippen LogP contribution in [0.25, 0.3) is 6.08 Å². The van der Waals surface area contributed by atoms with Gasteiger partial charge in [0, 0.05) is 0 Å². The van der Waals surface area contributed by atoms with E-state index in [1.165, 1.54) is 20.3 Å². The molecule has 2 rings (SSSR count). The van der Waals surface area contributed by atoms with Gasteiger partial charge >= 0.3 is 5.97 Å². The molecule has 0 saturated carbocycles. The first-order valence-corrected chi connectivity index (χ1v) is 8.43. The van der Waals surface area contributed by atoms with Crippen LogP contribution in [0.3, 0.4) is 0 Å². The van der Waals surface area contributed by atoms with Crippen LogP contribution in [0.15, 0.2) is 17.0 Å². The maximum Gasteiger partial charge on any atom is 0.325 e. The lowest BCUT2D eigenvalue weighted by molar-refractivity contribution is -0.143. The van der Waals surface area contributed by atoms with Crippen molar-refractivity contribution in [1.82, 2.24) is 4.90 Å². The topological polar surface area (TPSA) is 82.1 Å². The van der Waals surface area contributed by atoms with Crippen molar-refractivity contribution in [2.24, 2.45) is 0 Å². The molecule has 1 aliphatic rings. The molecule has 0 unspecified atom stereocenters. The first kappa shape index (κ1) is 19.1. The Hall–Kier alpha value is -2.19. The SMILES string of the molecule is CCOc1c(Cl)cc(/C=C2\SC(=O)N(CC(=O)OC)C2=O)cc1OC. The summed E-state index contributed by atoms with van der Waals surface area (Å²) < 4.78 is 15.2. The maximum absolute atomic E-state index is 12.3. The Morgan fingerprint density at radius 2 is 2.04 bits per heavy atom. The minimum Gasteiger partial charge on any atom is -0.493 e. The Labute approximate surface area is 153 Å². The molecular weight excluding hydrogens is 370 g/mol. The number of nitrogens with zero attached hydrogens (tertiary/aromatic N) is 1. The summed E-state index contributed by atoms with van der Waals surface area (Å²) in [4.78, 5) is 36.5. The van der Waals surface area contributed by atoms with E-state index in [4.69, 9.17) is 21.1 Å². The van der Waals surface area contributed by atoms with Gasteiger partial charge in [0.15, 0.2) is 11.5 Å². The van der Waals surface area contributed by atoms with E-state index in [0.717, 1.165) is 16.7 Å². The standard InChI is InChI=1S/C16H16ClNO6S/c1-4-24-14-10(17)5-9(6-11(14)22-2)7-12-15(20)18(16(21)25-12)8-13(19)23-3/h5-7H,4,8H2,1-3H3/b12-7-. The molecule has 25 heavy (non-hydrogen) atoms. The second kappa shape index (κ2) is 8.26. The van der Waals surface area contributed by atoms with Crippen LogP contribution < -0.4 is 9.47 Å². The smallest absolute Gasteiger partial charge is 0.325 e. The molecule has 1 aromatic rings. The number of amides is 2. The number of halogens is 1. The molecule has 0 N–H and O–H groups in total. The largest absolute Gasteiger partial charge is 0.493 e. The molecule has 9 heteroatoms. The van der Waals surface area contributed by atoms with E-state index >= 15 is 0 Å². The zero-order chi connectivity index (χ0) is 18.6. The van der Waals surface area contributed by atoms with E-state index in [1.54, 1.807) is 12.1 Å². The van der Waals surface area contributed by atoms with Gasteiger partial charge in [-0.3, -0.25) is 19.3 Å². The molecule has 0 aromatic heterocycles. The van der Waals surface area contributed by atoms with Gasteiger partial charge in [-0.15, -0.1) is 0 Å². The second-order valence-electron chi connectivity index (χ2n) is 4.81. The summed E-state index contributed by atoms with van der Waals surface area (Å²) in [6.07, 6.45) is 1.51. The number of hydrogen-bond donors (Lipinski definition) is 0. The van der Waals surface area contributed by atoms with E-state index in [-0.39, 0.29) is 4.91 Å². The predicted molar refractivity (Wildman–Crippen MR) is 93.9 cm³/mol. The van der Waals surface area contributed by atoms with Gasteiger partial charge in [-0.25, -0.2) is 0 Å². The number of carbonyl (C=O) groups is 3. The molecule has 2 amide bonds. The lowest BCUT2D eigenvalue weighted by atomic mass is 10.1. The quantitative estimate of drug-likeness (QED) is 0.550.